The Morgan fingerprint density at radius 3 is 0.789 bits per heavy atom. The molecule has 0 aliphatic heterocycles. The van der Waals surface area contributed by atoms with E-state index in [1.807, 2.05) is 0 Å². The van der Waals surface area contributed by atoms with Gasteiger partial charge in [-0.15, -0.1) is 0 Å². The van der Waals surface area contributed by atoms with Crippen molar-refractivity contribution in [3.63, 3.8) is 0 Å². The van der Waals surface area contributed by atoms with Crippen molar-refractivity contribution in [1.82, 2.24) is 0 Å². The van der Waals surface area contributed by atoms with Crippen molar-refractivity contribution in [3.05, 3.63) is 146 Å². The summed E-state index contributed by atoms with van der Waals surface area (Å²) in [6.45, 7) is 4.94. The molecule has 0 fully saturated rings. The molecule has 0 amide bonds. The van der Waals surface area contributed by atoms with Crippen molar-refractivity contribution in [3.8, 4) is 0 Å². The maximum atomic E-state index is 2.47. The summed E-state index contributed by atoms with van der Waals surface area (Å²) in [6.07, 6.45) is 14.0. The van der Waals surface area contributed by atoms with Crippen LogP contribution in [0.3, 0.4) is 0 Å². The maximum absolute atomic E-state index is 2.47. The molecule has 1 aliphatic rings. The summed E-state index contributed by atoms with van der Waals surface area (Å²) in [7, 11) is -0.897. The first-order valence-corrected chi connectivity index (χ1v) is 16.7. The van der Waals surface area contributed by atoms with Crippen LogP contribution in [0.1, 0.15) is 39.5 Å². The molecule has 0 saturated heterocycles. The molecule has 0 heterocycles. The van der Waals surface area contributed by atoms with Crippen LogP contribution < -0.4 is 21.2 Å². The Morgan fingerprint density at radius 1 is 0.368 bits per heavy atom. The summed E-state index contributed by atoms with van der Waals surface area (Å²) >= 11 is 0. The van der Waals surface area contributed by atoms with Gasteiger partial charge in [0.15, 0.2) is 0 Å². The van der Waals surface area contributed by atoms with E-state index in [0.29, 0.717) is 11.3 Å². The lowest BCUT2D eigenvalue weighted by Crippen LogP contribution is -2.31. The standard InChI is InChI=1S/C28H28P2.C8H12/c1-23(29(25-15-7-3-8-16-25)26-17-9-4-10-18-26)24(2)30(27-19-11-5-12-20-27)28-21-13-6-14-22-28;1-2-4-6-8-7-5-3-1/h3-24H,1-2H3;1-2,7-8H,3-6H2. The zero-order chi connectivity index (χ0) is 26.4. The van der Waals surface area contributed by atoms with Crippen LogP contribution >= 0.6 is 15.8 Å². The van der Waals surface area contributed by atoms with E-state index < -0.39 is 15.8 Å². The summed E-state index contributed by atoms with van der Waals surface area (Å²) in [5.74, 6) is 0. The van der Waals surface area contributed by atoms with Crippen LogP contribution in [-0.2, 0) is 0 Å². The Balaban J connectivity index is 0.000000360. The van der Waals surface area contributed by atoms with E-state index >= 15 is 0 Å². The van der Waals surface area contributed by atoms with Crippen LogP contribution in [0.2, 0.25) is 0 Å². The minimum Gasteiger partial charge on any atom is -0.0882 e. The van der Waals surface area contributed by atoms with Gasteiger partial charge in [0, 0.05) is 0 Å². The molecule has 0 radical (unpaired) electrons. The second-order valence-corrected chi connectivity index (χ2v) is 14.8. The molecule has 2 unspecified atom stereocenters. The number of rotatable bonds is 7. The first kappa shape index (κ1) is 28.2. The Bertz CT molecular complexity index is 1040. The second kappa shape index (κ2) is 15.6. The first-order valence-electron chi connectivity index (χ1n) is 13.8. The molecule has 4 aromatic carbocycles. The zero-order valence-electron chi connectivity index (χ0n) is 22.7. The van der Waals surface area contributed by atoms with Crippen molar-refractivity contribution in [2.24, 2.45) is 0 Å². The van der Waals surface area contributed by atoms with Crippen LogP contribution in [0, 0.1) is 0 Å². The second-order valence-electron chi connectivity index (χ2n) is 9.66. The molecule has 0 nitrogen and oxygen atoms in total. The Hall–Kier alpha value is -2.78. The van der Waals surface area contributed by atoms with E-state index in [1.165, 1.54) is 46.9 Å². The molecule has 0 aromatic heterocycles. The minimum absolute atomic E-state index is 0.448. The Labute approximate surface area is 233 Å². The van der Waals surface area contributed by atoms with Crippen molar-refractivity contribution in [1.29, 1.82) is 0 Å². The highest BCUT2D eigenvalue weighted by molar-refractivity contribution is 7.77. The van der Waals surface area contributed by atoms with Gasteiger partial charge >= 0.3 is 0 Å². The fourth-order valence-corrected chi connectivity index (χ4v) is 11.0. The maximum Gasteiger partial charge on any atom is -0.00861 e. The summed E-state index contributed by atoms with van der Waals surface area (Å²) in [6, 6.07) is 44.5. The van der Waals surface area contributed by atoms with Crippen LogP contribution in [0.25, 0.3) is 0 Å². The van der Waals surface area contributed by atoms with Gasteiger partial charge in [-0.05, 0) is 74.1 Å². The smallest absolute Gasteiger partial charge is 0.00861 e. The van der Waals surface area contributed by atoms with Crippen molar-refractivity contribution in [2.45, 2.75) is 50.8 Å². The summed E-state index contributed by atoms with van der Waals surface area (Å²) in [5, 5.41) is 5.87. The SMILES string of the molecule is C1=CCCC=CCC1.CC(C(C)P(c1ccccc1)c1ccccc1)P(c1ccccc1)c1ccccc1. The predicted molar refractivity (Wildman–Crippen MR) is 174 cm³/mol. The van der Waals surface area contributed by atoms with Gasteiger partial charge < -0.3 is 0 Å². The molecule has 194 valence electrons. The van der Waals surface area contributed by atoms with Crippen molar-refractivity contribution < 1.29 is 0 Å². The van der Waals surface area contributed by atoms with E-state index in [-0.39, 0.29) is 0 Å². The average molecular weight is 535 g/mol. The van der Waals surface area contributed by atoms with Crippen molar-refractivity contribution >= 4 is 37.1 Å². The fourth-order valence-electron chi connectivity index (χ4n) is 4.88. The summed E-state index contributed by atoms with van der Waals surface area (Å²) in [4.78, 5) is 0. The van der Waals surface area contributed by atoms with Crippen LogP contribution in [0.4, 0.5) is 0 Å². The van der Waals surface area contributed by atoms with E-state index in [9.17, 15) is 0 Å². The number of hydrogen-bond donors (Lipinski definition) is 0. The third-order valence-corrected chi connectivity index (χ3v) is 13.2. The van der Waals surface area contributed by atoms with Crippen molar-refractivity contribution in [2.75, 3.05) is 0 Å². The fraction of sp³-hybridized carbons (Fsp3) is 0.222. The molecule has 5 rings (SSSR count). The lowest BCUT2D eigenvalue weighted by atomic mass is 10.1. The molecule has 0 spiro atoms. The average Bonchev–Trinajstić information content (AvgIpc) is 2.96. The Kier molecular flexibility index (Phi) is 11.6. The van der Waals surface area contributed by atoms with Gasteiger partial charge in [-0.1, -0.05) is 159 Å². The highest BCUT2D eigenvalue weighted by Crippen LogP contribution is 2.51. The third-order valence-electron chi connectivity index (χ3n) is 6.98. The minimum atomic E-state index is -0.448. The molecular weight excluding hydrogens is 494 g/mol. The number of allylic oxidation sites excluding steroid dienone is 4. The number of benzene rings is 4. The molecule has 2 heteroatoms. The molecule has 0 bridgehead atoms. The van der Waals surface area contributed by atoms with Gasteiger partial charge in [-0.3, -0.25) is 0 Å². The molecule has 2 atom stereocenters. The van der Waals surface area contributed by atoms with Gasteiger partial charge in [0.05, 0.1) is 0 Å². The van der Waals surface area contributed by atoms with Gasteiger partial charge in [0.2, 0.25) is 0 Å². The normalized spacial score (nSPS) is 14.7. The molecular formula is C36H40P2. The van der Waals surface area contributed by atoms with Crippen LogP contribution in [0.15, 0.2) is 146 Å². The van der Waals surface area contributed by atoms with Gasteiger partial charge in [-0.2, -0.15) is 0 Å². The van der Waals surface area contributed by atoms with Gasteiger partial charge in [0.1, 0.15) is 0 Å². The largest absolute Gasteiger partial charge is 0.0882 e. The van der Waals surface area contributed by atoms with Crippen LogP contribution in [-0.4, -0.2) is 11.3 Å². The van der Waals surface area contributed by atoms with E-state index in [4.69, 9.17) is 0 Å². The van der Waals surface area contributed by atoms with Gasteiger partial charge in [-0.25, -0.2) is 0 Å². The van der Waals surface area contributed by atoms with E-state index in [1.54, 1.807) is 0 Å². The molecule has 1 aliphatic carbocycles. The lowest BCUT2D eigenvalue weighted by molar-refractivity contribution is 0.912. The first-order chi connectivity index (χ1) is 18.8. The monoisotopic (exact) mass is 534 g/mol. The van der Waals surface area contributed by atoms with Gasteiger partial charge in [0.25, 0.3) is 0 Å². The Morgan fingerprint density at radius 2 is 0.579 bits per heavy atom. The number of hydrogen-bond acceptors (Lipinski definition) is 0. The molecule has 0 N–H and O–H groups in total. The van der Waals surface area contributed by atoms with E-state index in [2.05, 4.69) is 159 Å². The highest BCUT2D eigenvalue weighted by Gasteiger charge is 2.31. The van der Waals surface area contributed by atoms with E-state index in [0.717, 1.165) is 0 Å². The van der Waals surface area contributed by atoms with Crippen LogP contribution in [0.5, 0.6) is 0 Å². The molecule has 0 saturated carbocycles. The molecule has 4 aromatic rings. The summed E-state index contributed by atoms with van der Waals surface area (Å²) < 4.78 is 0. The predicted octanol–water partition coefficient (Wildman–Crippen LogP) is 8.70. The topological polar surface area (TPSA) is 0 Å². The third kappa shape index (κ3) is 8.11. The quantitative estimate of drug-likeness (QED) is 0.164. The highest BCUT2D eigenvalue weighted by atomic mass is 31.1. The lowest BCUT2D eigenvalue weighted by Gasteiger charge is -2.35. The molecule has 38 heavy (non-hydrogen) atoms. The summed E-state index contributed by atoms with van der Waals surface area (Å²) in [5.41, 5.74) is 1.10. The zero-order valence-corrected chi connectivity index (χ0v) is 24.5.